The molecule has 0 saturated heterocycles. The SMILES string of the molecule is Cc1csc2c(OCC(=O)O)cccc12. The second-order valence-corrected chi connectivity index (χ2v) is 4.11. The Kier molecular flexibility index (Phi) is 2.60. The van der Waals surface area contributed by atoms with Gasteiger partial charge in [0.15, 0.2) is 6.61 Å². The van der Waals surface area contributed by atoms with Gasteiger partial charge >= 0.3 is 5.97 Å². The Morgan fingerprint density at radius 2 is 2.33 bits per heavy atom. The average Bonchev–Trinajstić information content (AvgIpc) is 2.58. The van der Waals surface area contributed by atoms with Crippen molar-refractivity contribution in [3.8, 4) is 5.75 Å². The van der Waals surface area contributed by atoms with Gasteiger partial charge in [0, 0.05) is 0 Å². The number of aliphatic carboxylic acids is 1. The highest BCUT2D eigenvalue weighted by Crippen LogP contribution is 2.33. The first kappa shape index (κ1) is 9.98. The van der Waals surface area contributed by atoms with E-state index < -0.39 is 5.97 Å². The molecule has 0 saturated carbocycles. The third-order valence-electron chi connectivity index (χ3n) is 2.11. The summed E-state index contributed by atoms with van der Waals surface area (Å²) < 4.78 is 6.22. The molecule has 1 heterocycles. The number of benzene rings is 1. The molecule has 0 bridgehead atoms. The third kappa shape index (κ3) is 1.94. The van der Waals surface area contributed by atoms with Crippen LogP contribution in [-0.4, -0.2) is 17.7 Å². The molecule has 1 aromatic heterocycles. The van der Waals surface area contributed by atoms with Crippen LogP contribution < -0.4 is 4.74 Å². The Balaban J connectivity index is 2.38. The molecule has 0 aliphatic heterocycles. The molecule has 1 N–H and O–H groups in total. The van der Waals surface area contributed by atoms with Gasteiger partial charge in [0.05, 0.1) is 4.70 Å². The molecule has 0 radical (unpaired) electrons. The summed E-state index contributed by atoms with van der Waals surface area (Å²) in [6, 6.07) is 5.68. The maximum Gasteiger partial charge on any atom is 0.341 e. The van der Waals surface area contributed by atoms with Gasteiger partial charge in [0.1, 0.15) is 5.75 Å². The maximum absolute atomic E-state index is 10.4. The summed E-state index contributed by atoms with van der Waals surface area (Å²) in [4.78, 5) is 10.4. The summed E-state index contributed by atoms with van der Waals surface area (Å²) in [7, 11) is 0. The standard InChI is InChI=1S/C11H10O3S/c1-7-6-15-11-8(7)3-2-4-9(11)14-5-10(12)13/h2-4,6H,5H2,1H3,(H,12,13). The van der Waals surface area contributed by atoms with Gasteiger partial charge in [-0.25, -0.2) is 4.79 Å². The summed E-state index contributed by atoms with van der Waals surface area (Å²) in [5.41, 5.74) is 1.19. The Morgan fingerprint density at radius 3 is 3.07 bits per heavy atom. The molecule has 78 valence electrons. The lowest BCUT2D eigenvalue weighted by molar-refractivity contribution is -0.139. The minimum atomic E-state index is -0.958. The highest BCUT2D eigenvalue weighted by atomic mass is 32.1. The molecule has 3 nitrogen and oxygen atoms in total. The number of carboxylic acid groups (broad SMARTS) is 1. The second-order valence-electron chi connectivity index (χ2n) is 3.23. The van der Waals surface area contributed by atoms with Crippen LogP contribution in [0.25, 0.3) is 10.1 Å². The van der Waals surface area contributed by atoms with Gasteiger partial charge in [-0.15, -0.1) is 11.3 Å². The molecule has 15 heavy (non-hydrogen) atoms. The number of carboxylic acids is 1. The topological polar surface area (TPSA) is 46.5 Å². The Labute approximate surface area is 90.9 Å². The number of hydrogen-bond acceptors (Lipinski definition) is 3. The minimum Gasteiger partial charge on any atom is -0.480 e. The van der Waals surface area contributed by atoms with Crippen LogP contribution in [0.5, 0.6) is 5.75 Å². The third-order valence-corrected chi connectivity index (χ3v) is 3.24. The van der Waals surface area contributed by atoms with E-state index in [1.54, 1.807) is 17.4 Å². The van der Waals surface area contributed by atoms with Gasteiger partial charge < -0.3 is 9.84 Å². The summed E-state index contributed by atoms with van der Waals surface area (Å²) >= 11 is 1.57. The van der Waals surface area contributed by atoms with E-state index in [1.807, 2.05) is 24.4 Å². The predicted octanol–water partition coefficient (Wildman–Crippen LogP) is 2.67. The summed E-state index contributed by atoms with van der Waals surface area (Å²) in [6.45, 7) is 1.73. The van der Waals surface area contributed by atoms with Gasteiger partial charge in [-0.2, -0.15) is 0 Å². The molecule has 0 fully saturated rings. The molecule has 0 unspecified atom stereocenters. The van der Waals surface area contributed by atoms with Crippen molar-refractivity contribution in [2.75, 3.05) is 6.61 Å². The lowest BCUT2D eigenvalue weighted by Crippen LogP contribution is -2.09. The smallest absolute Gasteiger partial charge is 0.341 e. The molecule has 0 aliphatic rings. The largest absolute Gasteiger partial charge is 0.480 e. The molecule has 4 heteroatoms. The molecule has 2 rings (SSSR count). The zero-order chi connectivity index (χ0) is 10.8. The fraction of sp³-hybridized carbons (Fsp3) is 0.182. The van der Waals surface area contributed by atoms with Crippen LogP contribution in [0, 0.1) is 6.92 Å². The Morgan fingerprint density at radius 1 is 1.53 bits per heavy atom. The highest BCUT2D eigenvalue weighted by molar-refractivity contribution is 7.17. The molecular formula is C11H10O3S. The van der Waals surface area contributed by atoms with E-state index in [0.717, 1.165) is 10.1 Å². The lowest BCUT2D eigenvalue weighted by Gasteiger charge is -2.03. The van der Waals surface area contributed by atoms with Gasteiger partial charge in [-0.05, 0) is 29.3 Å². The van der Waals surface area contributed by atoms with Crippen LogP contribution in [0.1, 0.15) is 5.56 Å². The summed E-state index contributed by atoms with van der Waals surface area (Å²) in [5, 5.41) is 11.7. The fourth-order valence-corrected chi connectivity index (χ4v) is 2.43. The summed E-state index contributed by atoms with van der Waals surface area (Å²) in [6.07, 6.45) is 0. The first-order valence-corrected chi connectivity index (χ1v) is 5.38. The Hall–Kier alpha value is -1.55. The lowest BCUT2D eigenvalue weighted by atomic mass is 10.2. The zero-order valence-electron chi connectivity index (χ0n) is 8.19. The number of rotatable bonds is 3. The van der Waals surface area contributed by atoms with E-state index in [9.17, 15) is 4.79 Å². The molecule has 0 atom stereocenters. The number of aryl methyl sites for hydroxylation is 1. The molecule has 1 aromatic carbocycles. The van der Waals surface area contributed by atoms with Crippen molar-refractivity contribution in [2.45, 2.75) is 6.92 Å². The van der Waals surface area contributed by atoms with Crippen LogP contribution in [0.2, 0.25) is 0 Å². The first-order chi connectivity index (χ1) is 7.18. The average molecular weight is 222 g/mol. The van der Waals surface area contributed by atoms with Crippen LogP contribution in [0.15, 0.2) is 23.6 Å². The van der Waals surface area contributed by atoms with E-state index >= 15 is 0 Å². The number of hydrogen-bond donors (Lipinski definition) is 1. The van der Waals surface area contributed by atoms with Crippen LogP contribution in [0.4, 0.5) is 0 Å². The van der Waals surface area contributed by atoms with Crippen molar-refractivity contribution in [3.63, 3.8) is 0 Å². The number of carbonyl (C=O) groups is 1. The van der Waals surface area contributed by atoms with Crippen LogP contribution in [0.3, 0.4) is 0 Å². The fourth-order valence-electron chi connectivity index (χ4n) is 1.41. The zero-order valence-corrected chi connectivity index (χ0v) is 9.00. The summed E-state index contributed by atoms with van der Waals surface area (Å²) in [5.74, 6) is -0.312. The van der Waals surface area contributed by atoms with Gasteiger partial charge in [0.25, 0.3) is 0 Å². The second kappa shape index (κ2) is 3.90. The van der Waals surface area contributed by atoms with Gasteiger partial charge in [-0.1, -0.05) is 12.1 Å². The molecule has 2 aromatic rings. The first-order valence-electron chi connectivity index (χ1n) is 4.50. The van der Waals surface area contributed by atoms with Crippen molar-refractivity contribution in [3.05, 3.63) is 29.1 Å². The van der Waals surface area contributed by atoms with Crippen molar-refractivity contribution in [1.82, 2.24) is 0 Å². The van der Waals surface area contributed by atoms with Crippen molar-refractivity contribution in [1.29, 1.82) is 0 Å². The Bertz CT molecular complexity index is 502. The van der Waals surface area contributed by atoms with E-state index in [1.165, 1.54) is 5.56 Å². The molecule has 0 amide bonds. The van der Waals surface area contributed by atoms with Crippen LogP contribution >= 0.6 is 11.3 Å². The van der Waals surface area contributed by atoms with Crippen LogP contribution in [-0.2, 0) is 4.79 Å². The number of fused-ring (bicyclic) bond motifs is 1. The monoisotopic (exact) mass is 222 g/mol. The van der Waals surface area contributed by atoms with E-state index in [2.05, 4.69) is 0 Å². The normalized spacial score (nSPS) is 10.5. The van der Waals surface area contributed by atoms with Crippen molar-refractivity contribution >= 4 is 27.4 Å². The number of ether oxygens (including phenoxy) is 1. The number of thiophene rings is 1. The maximum atomic E-state index is 10.4. The minimum absolute atomic E-state index is 0.296. The van der Waals surface area contributed by atoms with Gasteiger partial charge in [0.2, 0.25) is 0 Å². The van der Waals surface area contributed by atoms with E-state index in [4.69, 9.17) is 9.84 Å². The molecule has 0 aliphatic carbocycles. The predicted molar refractivity (Wildman–Crippen MR) is 59.7 cm³/mol. The van der Waals surface area contributed by atoms with E-state index in [-0.39, 0.29) is 6.61 Å². The van der Waals surface area contributed by atoms with E-state index in [0.29, 0.717) is 5.75 Å². The van der Waals surface area contributed by atoms with Gasteiger partial charge in [-0.3, -0.25) is 0 Å². The quantitative estimate of drug-likeness (QED) is 0.868. The molecular weight excluding hydrogens is 212 g/mol. The van der Waals surface area contributed by atoms with Crippen molar-refractivity contribution in [2.24, 2.45) is 0 Å². The molecule has 0 spiro atoms. The van der Waals surface area contributed by atoms with Crippen molar-refractivity contribution < 1.29 is 14.6 Å². The highest BCUT2D eigenvalue weighted by Gasteiger charge is 2.07.